The van der Waals surface area contributed by atoms with Crippen molar-refractivity contribution < 1.29 is 9.53 Å². The first-order valence-electron chi connectivity index (χ1n) is 9.00. The average molecular weight is 363 g/mol. The molecule has 0 bridgehead atoms. The van der Waals surface area contributed by atoms with E-state index in [9.17, 15) is 4.79 Å². The lowest BCUT2D eigenvalue weighted by Crippen LogP contribution is -2.37. The summed E-state index contributed by atoms with van der Waals surface area (Å²) in [6.45, 7) is 3.26. The summed E-state index contributed by atoms with van der Waals surface area (Å²) in [5, 5.41) is 13.8. The second kappa shape index (κ2) is 7.49. The molecule has 2 amide bonds. The Labute approximate surface area is 157 Å². The number of aromatic nitrogens is 3. The zero-order valence-corrected chi connectivity index (χ0v) is 15.1. The van der Waals surface area contributed by atoms with E-state index < -0.39 is 0 Å². The van der Waals surface area contributed by atoms with Crippen LogP contribution < -0.4 is 15.4 Å². The van der Waals surface area contributed by atoms with Gasteiger partial charge in [-0.3, -0.25) is 0 Å². The highest BCUT2D eigenvalue weighted by Gasteiger charge is 2.22. The molecule has 2 N–H and O–H groups in total. The van der Waals surface area contributed by atoms with Crippen LogP contribution in [0.3, 0.4) is 0 Å². The van der Waals surface area contributed by atoms with Crippen LogP contribution in [0.1, 0.15) is 12.5 Å². The molecule has 7 nitrogen and oxygen atoms in total. The molecule has 138 valence electrons. The molecule has 7 heteroatoms. The monoisotopic (exact) mass is 363 g/mol. The predicted octanol–water partition coefficient (Wildman–Crippen LogP) is 3.09. The van der Waals surface area contributed by atoms with Crippen molar-refractivity contribution in [3.63, 3.8) is 0 Å². The zero-order valence-electron chi connectivity index (χ0n) is 15.1. The number of fused-ring (bicyclic) bond motifs is 1. The van der Waals surface area contributed by atoms with E-state index in [1.165, 1.54) is 5.56 Å². The molecule has 2 heterocycles. The van der Waals surface area contributed by atoms with E-state index in [0.717, 1.165) is 30.1 Å². The number of benzene rings is 2. The lowest BCUT2D eigenvalue weighted by Gasteiger charge is -2.13. The highest BCUT2D eigenvalue weighted by atomic mass is 16.5. The molecule has 0 saturated heterocycles. The predicted molar refractivity (Wildman–Crippen MR) is 103 cm³/mol. The number of carbonyl (C=O) groups excluding carboxylic acids is 1. The molecular formula is C20H21N5O2. The Morgan fingerprint density at radius 1 is 1.26 bits per heavy atom. The smallest absolute Gasteiger partial charge is 0.319 e. The summed E-state index contributed by atoms with van der Waals surface area (Å²) >= 11 is 0. The summed E-state index contributed by atoms with van der Waals surface area (Å²) in [5.41, 5.74) is 2.78. The number of amides is 2. The molecule has 4 rings (SSSR count). The van der Waals surface area contributed by atoms with E-state index in [-0.39, 0.29) is 12.1 Å². The molecular weight excluding hydrogens is 342 g/mol. The first-order valence-corrected chi connectivity index (χ1v) is 9.00. The number of urea groups is 1. The number of hydrogen-bond donors (Lipinski definition) is 2. The molecule has 1 atom stereocenters. The van der Waals surface area contributed by atoms with Crippen molar-refractivity contribution in [1.29, 1.82) is 0 Å². The third-order valence-electron chi connectivity index (χ3n) is 4.54. The van der Waals surface area contributed by atoms with E-state index >= 15 is 0 Å². The van der Waals surface area contributed by atoms with Crippen molar-refractivity contribution >= 4 is 11.7 Å². The van der Waals surface area contributed by atoms with Crippen molar-refractivity contribution in [2.24, 2.45) is 0 Å². The summed E-state index contributed by atoms with van der Waals surface area (Å²) in [4.78, 5) is 12.3. The van der Waals surface area contributed by atoms with Gasteiger partial charge >= 0.3 is 6.03 Å². The minimum Gasteiger partial charge on any atom is -0.488 e. The van der Waals surface area contributed by atoms with Crippen molar-refractivity contribution in [1.82, 2.24) is 20.1 Å². The quantitative estimate of drug-likeness (QED) is 0.730. The van der Waals surface area contributed by atoms with Crippen molar-refractivity contribution in [2.75, 3.05) is 11.9 Å². The van der Waals surface area contributed by atoms with Crippen molar-refractivity contribution in [3.05, 3.63) is 60.4 Å². The van der Waals surface area contributed by atoms with Crippen LogP contribution in [0.25, 0.3) is 11.4 Å². The SMILES string of the molecule is CCn1cnnc1-c1cccc(NC(=O)NCC2Cc3ccccc3O2)c1. The molecule has 3 aromatic rings. The number of aryl methyl sites for hydroxylation is 1. The fourth-order valence-corrected chi connectivity index (χ4v) is 3.20. The van der Waals surface area contributed by atoms with Crippen LogP contribution in [-0.4, -0.2) is 33.4 Å². The van der Waals surface area contributed by atoms with Crippen LogP contribution in [0.5, 0.6) is 5.75 Å². The fourth-order valence-electron chi connectivity index (χ4n) is 3.20. The third kappa shape index (κ3) is 3.76. The average Bonchev–Trinajstić information content (AvgIpc) is 3.32. The van der Waals surface area contributed by atoms with Gasteiger partial charge < -0.3 is 19.9 Å². The molecule has 0 radical (unpaired) electrons. The first-order chi connectivity index (χ1) is 13.2. The Morgan fingerprint density at radius 3 is 3.00 bits per heavy atom. The summed E-state index contributed by atoms with van der Waals surface area (Å²) in [6.07, 6.45) is 2.46. The second-order valence-electron chi connectivity index (χ2n) is 6.41. The van der Waals surface area contributed by atoms with Crippen molar-refractivity contribution in [2.45, 2.75) is 26.0 Å². The number of carbonyl (C=O) groups is 1. The highest BCUT2D eigenvalue weighted by Crippen LogP contribution is 2.27. The molecule has 0 fully saturated rings. The fraction of sp³-hybridized carbons (Fsp3) is 0.250. The topological polar surface area (TPSA) is 81.1 Å². The van der Waals surface area contributed by atoms with Crippen LogP contribution in [0.2, 0.25) is 0 Å². The number of ether oxygens (including phenoxy) is 1. The summed E-state index contributed by atoms with van der Waals surface area (Å²) in [7, 11) is 0. The van der Waals surface area contributed by atoms with Gasteiger partial charge in [-0.1, -0.05) is 30.3 Å². The summed E-state index contributed by atoms with van der Waals surface area (Å²) in [6, 6.07) is 15.3. The van der Waals surface area contributed by atoms with Gasteiger partial charge in [0.1, 0.15) is 18.2 Å². The standard InChI is InChI=1S/C20H21N5O2/c1-2-25-13-22-24-19(25)15-7-5-8-16(10-15)23-20(26)21-12-17-11-14-6-3-4-9-18(14)27-17/h3-10,13,17H,2,11-12H2,1H3,(H2,21,23,26). The van der Waals surface area contributed by atoms with Crippen LogP contribution >= 0.6 is 0 Å². The lowest BCUT2D eigenvalue weighted by molar-refractivity contribution is 0.219. The zero-order chi connectivity index (χ0) is 18.6. The van der Waals surface area contributed by atoms with Gasteiger partial charge in [-0.25, -0.2) is 4.79 Å². The number of para-hydroxylation sites is 1. The van der Waals surface area contributed by atoms with E-state index in [1.807, 2.05) is 54.0 Å². The van der Waals surface area contributed by atoms with E-state index in [1.54, 1.807) is 6.33 Å². The minimum atomic E-state index is -0.260. The third-order valence-corrected chi connectivity index (χ3v) is 4.54. The number of nitrogens with zero attached hydrogens (tertiary/aromatic N) is 3. The molecule has 0 spiro atoms. The maximum Gasteiger partial charge on any atom is 0.319 e. The van der Waals surface area contributed by atoms with Crippen LogP contribution in [-0.2, 0) is 13.0 Å². The Bertz CT molecular complexity index is 928. The Hall–Kier alpha value is -3.35. The highest BCUT2D eigenvalue weighted by molar-refractivity contribution is 5.90. The van der Waals surface area contributed by atoms with Crippen LogP contribution in [0.4, 0.5) is 10.5 Å². The number of hydrogen-bond acceptors (Lipinski definition) is 4. The van der Waals surface area contributed by atoms with Crippen LogP contribution in [0, 0.1) is 0 Å². The van der Waals surface area contributed by atoms with Gasteiger partial charge in [-0.2, -0.15) is 0 Å². The maximum atomic E-state index is 12.3. The largest absolute Gasteiger partial charge is 0.488 e. The van der Waals surface area contributed by atoms with E-state index in [0.29, 0.717) is 12.2 Å². The van der Waals surface area contributed by atoms with Gasteiger partial charge in [-0.05, 0) is 30.7 Å². The molecule has 1 aliphatic heterocycles. The summed E-state index contributed by atoms with van der Waals surface area (Å²) in [5.74, 6) is 1.68. The Morgan fingerprint density at radius 2 is 2.15 bits per heavy atom. The van der Waals surface area contributed by atoms with Gasteiger partial charge in [-0.15, -0.1) is 10.2 Å². The molecule has 2 aromatic carbocycles. The van der Waals surface area contributed by atoms with Gasteiger partial charge in [0.05, 0.1) is 6.54 Å². The molecule has 1 unspecified atom stereocenters. The second-order valence-corrected chi connectivity index (χ2v) is 6.41. The molecule has 1 aliphatic rings. The molecule has 0 saturated carbocycles. The van der Waals surface area contributed by atoms with Crippen LogP contribution in [0.15, 0.2) is 54.9 Å². The number of anilines is 1. The van der Waals surface area contributed by atoms with Crippen molar-refractivity contribution in [3.8, 4) is 17.1 Å². The Kier molecular flexibility index (Phi) is 4.74. The maximum absolute atomic E-state index is 12.3. The lowest BCUT2D eigenvalue weighted by atomic mass is 10.1. The molecule has 27 heavy (non-hydrogen) atoms. The minimum absolute atomic E-state index is 0.0393. The van der Waals surface area contributed by atoms with Gasteiger partial charge in [0.2, 0.25) is 0 Å². The number of nitrogens with one attached hydrogen (secondary N) is 2. The number of rotatable bonds is 5. The summed E-state index contributed by atoms with van der Waals surface area (Å²) < 4.78 is 7.79. The van der Waals surface area contributed by atoms with Gasteiger partial charge in [0, 0.05) is 24.2 Å². The first kappa shape index (κ1) is 17.1. The Balaban J connectivity index is 1.34. The van der Waals surface area contributed by atoms with E-state index in [2.05, 4.69) is 26.9 Å². The van der Waals surface area contributed by atoms with E-state index in [4.69, 9.17) is 4.74 Å². The molecule has 1 aromatic heterocycles. The molecule has 0 aliphatic carbocycles. The normalized spacial score (nSPS) is 15.1. The van der Waals surface area contributed by atoms with Gasteiger partial charge in [0.15, 0.2) is 5.82 Å². The van der Waals surface area contributed by atoms with Gasteiger partial charge in [0.25, 0.3) is 0 Å².